The Morgan fingerprint density at radius 2 is 2.00 bits per heavy atom. The lowest BCUT2D eigenvalue weighted by Crippen LogP contribution is -2.47. The molecule has 0 radical (unpaired) electrons. The van der Waals surface area contributed by atoms with Gasteiger partial charge in [-0.15, -0.1) is 0 Å². The van der Waals surface area contributed by atoms with Gasteiger partial charge in [0.1, 0.15) is 0 Å². The van der Waals surface area contributed by atoms with Crippen molar-refractivity contribution in [1.82, 2.24) is 9.80 Å². The highest BCUT2D eigenvalue weighted by Gasteiger charge is 2.34. The minimum atomic E-state index is -0.716. The van der Waals surface area contributed by atoms with Gasteiger partial charge in [0.25, 0.3) is 0 Å². The number of urea groups is 1. The van der Waals surface area contributed by atoms with Crippen LogP contribution in [-0.4, -0.2) is 60.1 Å². The molecule has 0 aromatic heterocycles. The zero-order valence-corrected chi connectivity index (χ0v) is 16.4. The lowest BCUT2D eigenvalue weighted by molar-refractivity contribution is -0.143. The molecule has 1 heterocycles. The van der Waals surface area contributed by atoms with Crippen molar-refractivity contribution in [1.29, 1.82) is 0 Å². The topological polar surface area (TPSA) is 84.9 Å². The molecule has 148 valence electrons. The van der Waals surface area contributed by atoms with Crippen molar-refractivity contribution in [3.05, 3.63) is 23.3 Å². The number of benzene rings is 1. The predicted octanol–water partition coefficient (Wildman–Crippen LogP) is 2.96. The van der Waals surface area contributed by atoms with E-state index >= 15 is 0 Å². The van der Waals surface area contributed by atoms with Crippen LogP contribution < -0.4 is 10.6 Å². The average Bonchev–Trinajstić information content (AvgIpc) is 2.61. The molecule has 7 heteroatoms. The van der Waals surface area contributed by atoms with E-state index in [0.29, 0.717) is 19.4 Å². The Morgan fingerprint density at radius 3 is 2.63 bits per heavy atom. The van der Waals surface area contributed by atoms with E-state index in [4.69, 9.17) is 5.11 Å². The number of carboxylic acids is 1. The van der Waals surface area contributed by atoms with Crippen LogP contribution in [0, 0.1) is 12.8 Å². The Bertz CT molecular complexity index is 711. The number of nitrogens with one attached hydrogen (secondary N) is 2. The molecule has 0 spiro atoms. The van der Waals surface area contributed by atoms with Gasteiger partial charge in [0.2, 0.25) is 0 Å². The molecule has 1 aliphatic carbocycles. The van der Waals surface area contributed by atoms with Crippen molar-refractivity contribution in [2.24, 2.45) is 5.92 Å². The fourth-order valence-corrected chi connectivity index (χ4v) is 4.02. The molecule has 2 aliphatic rings. The number of carboxylic acid groups (broad SMARTS) is 1. The second-order valence-corrected chi connectivity index (χ2v) is 7.95. The van der Waals surface area contributed by atoms with E-state index in [9.17, 15) is 9.59 Å². The maximum atomic E-state index is 12.7. The van der Waals surface area contributed by atoms with Gasteiger partial charge in [-0.2, -0.15) is 0 Å². The van der Waals surface area contributed by atoms with Crippen molar-refractivity contribution in [2.75, 3.05) is 37.8 Å². The Balaban J connectivity index is 1.68. The smallest absolute Gasteiger partial charge is 0.322 e. The van der Waals surface area contributed by atoms with Crippen LogP contribution in [0.1, 0.15) is 36.8 Å². The summed E-state index contributed by atoms with van der Waals surface area (Å²) < 4.78 is 0. The molecule has 0 bridgehead atoms. The average molecular weight is 374 g/mol. The first kappa shape index (κ1) is 19.5. The number of carbonyl (C=O) groups is 2. The molecule has 27 heavy (non-hydrogen) atoms. The van der Waals surface area contributed by atoms with E-state index in [1.54, 1.807) is 0 Å². The molecular weight excluding hydrogens is 344 g/mol. The van der Waals surface area contributed by atoms with Gasteiger partial charge < -0.3 is 25.5 Å². The van der Waals surface area contributed by atoms with E-state index in [1.165, 1.54) is 0 Å². The van der Waals surface area contributed by atoms with E-state index < -0.39 is 5.97 Å². The van der Waals surface area contributed by atoms with E-state index in [-0.39, 0.29) is 18.0 Å². The van der Waals surface area contributed by atoms with E-state index in [2.05, 4.69) is 28.5 Å². The maximum Gasteiger partial charge on any atom is 0.322 e. The third kappa shape index (κ3) is 4.53. The van der Waals surface area contributed by atoms with Gasteiger partial charge in [0, 0.05) is 30.5 Å². The summed E-state index contributed by atoms with van der Waals surface area (Å²) in [7, 11) is 4.08. The second kappa shape index (κ2) is 8.17. The van der Waals surface area contributed by atoms with Crippen LogP contribution >= 0.6 is 0 Å². The Kier molecular flexibility index (Phi) is 5.89. The lowest BCUT2D eigenvalue weighted by atomic mass is 9.85. The number of hydrogen-bond donors (Lipinski definition) is 3. The monoisotopic (exact) mass is 374 g/mol. The lowest BCUT2D eigenvalue weighted by Gasteiger charge is -2.39. The van der Waals surface area contributed by atoms with Crippen molar-refractivity contribution in [2.45, 2.75) is 45.2 Å². The van der Waals surface area contributed by atoms with Gasteiger partial charge in [-0.25, -0.2) is 4.79 Å². The van der Waals surface area contributed by atoms with Crippen molar-refractivity contribution >= 4 is 23.4 Å². The first-order chi connectivity index (χ1) is 12.8. The van der Waals surface area contributed by atoms with Gasteiger partial charge in [-0.05, 0) is 70.0 Å². The highest BCUT2D eigenvalue weighted by molar-refractivity contribution is 5.93. The number of nitrogens with zero attached hydrogens (tertiary/aromatic N) is 2. The summed E-state index contributed by atoms with van der Waals surface area (Å²) in [5.74, 6) is -0.981. The summed E-state index contributed by atoms with van der Waals surface area (Å²) in [6, 6.07) is 4.18. The van der Waals surface area contributed by atoms with Gasteiger partial charge in [0.15, 0.2) is 0 Å². The van der Waals surface area contributed by atoms with Gasteiger partial charge in [0.05, 0.1) is 12.5 Å². The molecule has 2 amide bonds. The molecule has 0 atom stereocenters. The Labute approximate surface area is 160 Å². The molecule has 0 unspecified atom stereocenters. The number of fused-ring (bicyclic) bond motifs is 1. The summed E-state index contributed by atoms with van der Waals surface area (Å²) >= 11 is 0. The molecule has 1 aromatic rings. The van der Waals surface area contributed by atoms with Crippen molar-refractivity contribution in [3.8, 4) is 0 Å². The number of anilines is 2. The molecule has 1 saturated carbocycles. The number of aryl methyl sites for hydroxylation is 1. The second-order valence-electron chi connectivity index (χ2n) is 7.95. The quantitative estimate of drug-likeness (QED) is 0.713. The van der Waals surface area contributed by atoms with Gasteiger partial charge >= 0.3 is 12.0 Å². The molecule has 0 saturated heterocycles. The largest absolute Gasteiger partial charge is 0.481 e. The first-order valence-corrected chi connectivity index (χ1v) is 9.67. The third-order valence-electron chi connectivity index (χ3n) is 5.68. The predicted molar refractivity (Wildman–Crippen MR) is 106 cm³/mol. The number of rotatable bonds is 6. The molecule has 1 aromatic carbocycles. The normalized spacial score (nSPS) is 22.4. The molecule has 1 aliphatic heterocycles. The number of carbonyl (C=O) groups excluding carboxylic acids is 1. The summed E-state index contributed by atoms with van der Waals surface area (Å²) in [6.07, 6.45) is 2.79. The van der Waals surface area contributed by atoms with Crippen LogP contribution in [0.2, 0.25) is 0 Å². The number of likely N-dealkylation sites (N-methyl/N-ethyl adjacent to an activating group) is 1. The number of aliphatic carboxylic acids is 1. The molecular formula is C20H30N4O3. The van der Waals surface area contributed by atoms with Crippen LogP contribution in [0.4, 0.5) is 16.2 Å². The Morgan fingerprint density at radius 1 is 1.30 bits per heavy atom. The number of hydrogen-bond acceptors (Lipinski definition) is 4. The zero-order chi connectivity index (χ0) is 19.6. The summed E-state index contributed by atoms with van der Waals surface area (Å²) in [5.41, 5.74) is 4.20. The van der Waals surface area contributed by atoms with Crippen LogP contribution in [0.5, 0.6) is 0 Å². The molecule has 7 nitrogen and oxygen atoms in total. The summed E-state index contributed by atoms with van der Waals surface area (Å²) in [6.45, 7) is 4.45. The minimum absolute atomic E-state index is 0.0777. The standard InChI is InChI=1S/C20H30N4O3/c1-13-10-15(21-8-9-23(2)3)11-18-17(13)12-24(20(27)22-18)16-6-4-14(5-7-16)19(25)26/h10-11,14,16,21H,4-9,12H2,1-3H3,(H,22,27)(H,25,26). The Hall–Kier alpha value is -2.28. The zero-order valence-electron chi connectivity index (χ0n) is 16.4. The third-order valence-corrected chi connectivity index (χ3v) is 5.68. The molecule has 1 fully saturated rings. The maximum absolute atomic E-state index is 12.7. The first-order valence-electron chi connectivity index (χ1n) is 9.67. The fourth-order valence-electron chi connectivity index (χ4n) is 4.02. The van der Waals surface area contributed by atoms with Crippen LogP contribution in [0.25, 0.3) is 0 Å². The summed E-state index contributed by atoms with van der Waals surface area (Å²) in [4.78, 5) is 27.8. The highest BCUT2D eigenvalue weighted by atomic mass is 16.4. The van der Waals surface area contributed by atoms with E-state index in [1.807, 2.05) is 25.1 Å². The SMILES string of the molecule is Cc1cc(NCCN(C)C)cc2c1CN(C1CCC(C(=O)O)CC1)C(=O)N2. The van der Waals surface area contributed by atoms with Gasteiger partial charge in [-0.3, -0.25) is 4.79 Å². The van der Waals surface area contributed by atoms with E-state index in [0.717, 1.165) is 48.4 Å². The fraction of sp³-hybridized carbons (Fsp3) is 0.600. The molecule has 3 rings (SSSR count). The summed E-state index contributed by atoms with van der Waals surface area (Å²) in [5, 5.41) is 15.6. The van der Waals surface area contributed by atoms with Crippen molar-refractivity contribution < 1.29 is 14.7 Å². The van der Waals surface area contributed by atoms with Crippen LogP contribution in [-0.2, 0) is 11.3 Å². The van der Waals surface area contributed by atoms with Gasteiger partial charge in [-0.1, -0.05) is 0 Å². The van der Waals surface area contributed by atoms with Crippen LogP contribution in [0.15, 0.2) is 12.1 Å². The van der Waals surface area contributed by atoms with Crippen LogP contribution in [0.3, 0.4) is 0 Å². The highest BCUT2D eigenvalue weighted by Crippen LogP contribution is 2.35. The molecule has 3 N–H and O–H groups in total. The number of amides is 2. The van der Waals surface area contributed by atoms with Crippen molar-refractivity contribution in [3.63, 3.8) is 0 Å². The minimum Gasteiger partial charge on any atom is -0.481 e.